The van der Waals surface area contributed by atoms with Crippen LogP contribution in [0.4, 0.5) is 39.0 Å². The molecule has 0 aliphatic carbocycles. The van der Waals surface area contributed by atoms with E-state index in [0.29, 0.717) is 4.31 Å². The number of ether oxygens (including phenoxy) is 1. The molecule has 0 bridgehead atoms. The van der Waals surface area contributed by atoms with Crippen LogP contribution in [-0.2, 0) is 31.6 Å². The number of methoxy groups -OCH3 is 1. The number of nitrogens with one attached hydrogen (secondary N) is 1. The molecule has 1 fully saturated rings. The van der Waals surface area contributed by atoms with Crippen molar-refractivity contribution in [3.05, 3.63) is 56.6 Å². The lowest BCUT2D eigenvalue weighted by Gasteiger charge is -2.28. The lowest BCUT2D eigenvalue weighted by atomic mass is 10.2. The lowest BCUT2D eigenvalue weighted by molar-refractivity contribution is -0.199. The number of aryl methyl sites for hydroxylation is 1. The largest absolute Gasteiger partial charge is 0.493 e. The Labute approximate surface area is 238 Å². The summed E-state index contributed by atoms with van der Waals surface area (Å²) in [5, 5.41) is 0.881. The van der Waals surface area contributed by atoms with Crippen molar-refractivity contribution in [3.8, 4) is 0 Å². The number of aromatic nitrogens is 2. The number of rotatable bonds is 7. The van der Waals surface area contributed by atoms with E-state index in [1.807, 2.05) is 0 Å². The van der Waals surface area contributed by atoms with Gasteiger partial charge in [-0.15, -0.1) is 0 Å². The maximum Gasteiger partial charge on any atom is 0.493 e. The molecule has 3 aromatic rings. The summed E-state index contributed by atoms with van der Waals surface area (Å²) >= 11 is 12.5. The molecule has 222 valence electrons. The second-order valence-electron chi connectivity index (χ2n) is 8.60. The summed E-state index contributed by atoms with van der Waals surface area (Å²) in [5.74, 6) is -6.48. The number of nitrogens with zero attached hydrogens (tertiary/aromatic N) is 4. The van der Waals surface area contributed by atoms with Crippen LogP contribution in [0, 0.1) is 11.6 Å². The number of alkyl halides is 3. The molecule has 1 aliphatic heterocycles. The first-order valence-electron chi connectivity index (χ1n) is 11.3. The molecule has 1 atom stereocenters. The molecule has 0 unspecified atom stereocenters. The summed E-state index contributed by atoms with van der Waals surface area (Å²) in [4.78, 5) is 32.5. The third-order valence-corrected chi connectivity index (χ3v) is 8.44. The molecule has 1 aromatic heterocycles. The molecule has 0 saturated carbocycles. The maximum absolute atomic E-state index is 15.0. The first kappa shape index (κ1) is 30.7. The van der Waals surface area contributed by atoms with Crippen LogP contribution < -0.4 is 15.3 Å². The van der Waals surface area contributed by atoms with Crippen LogP contribution in [0.2, 0.25) is 10.0 Å². The van der Waals surface area contributed by atoms with E-state index in [4.69, 9.17) is 27.9 Å². The molecule has 0 amide bonds. The van der Waals surface area contributed by atoms with Gasteiger partial charge in [0, 0.05) is 33.3 Å². The number of hydrogen-bond donors (Lipinski definition) is 1. The van der Waals surface area contributed by atoms with E-state index < -0.39 is 66.5 Å². The molecule has 1 saturated heterocycles. The molecule has 2 heterocycles. The summed E-state index contributed by atoms with van der Waals surface area (Å²) in [6, 6.07) is 2.65. The van der Waals surface area contributed by atoms with Gasteiger partial charge in [0.25, 0.3) is 5.56 Å². The van der Waals surface area contributed by atoms with Gasteiger partial charge in [-0.05, 0) is 18.6 Å². The number of carbonyl (C=O) groups is 1. The normalized spacial score (nSPS) is 16.3. The minimum atomic E-state index is -5.68. The zero-order chi connectivity index (χ0) is 30.4. The topological polar surface area (TPSA) is 123 Å². The Hall–Kier alpha value is -3.25. The zero-order valence-corrected chi connectivity index (χ0v) is 23.1. The van der Waals surface area contributed by atoms with Crippen molar-refractivity contribution >= 4 is 67.3 Å². The van der Waals surface area contributed by atoms with Crippen molar-refractivity contribution in [2.75, 3.05) is 30.0 Å². The van der Waals surface area contributed by atoms with Gasteiger partial charge < -0.3 is 19.5 Å². The Balaban J connectivity index is 1.86. The van der Waals surface area contributed by atoms with Crippen LogP contribution >= 0.6 is 23.2 Å². The quantitative estimate of drug-likeness (QED) is 0.232. The van der Waals surface area contributed by atoms with Crippen molar-refractivity contribution in [1.29, 1.82) is 0 Å². The van der Waals surface area contributed by atoms with Gasteiger partial charge in [-0.3, -0.25) is 4.79 Å². The highest BCUT2D eigenvalue weighted by Gasteiger charge is 2.47. The van der Waals surface area contributed by atoms with Gasteiger partial charge in [-0.2, -0.15) is 25.9 Å². The number of fused-ring (bicyclic) bond motifs is 1. The van der Waals surface area contributed by atoms with E-state index in [0.717, 1.165) is 4.57 Å². The van der Waals surface area contributed by atoms with Crippen molar-refractivity contribution in [2.24, 2.45) is 7.05 Å². The maximum atomic E-state index is 15.0. The van der Waals surface area contributed by atoms with Crippen LogP contribution in [0.15, 0.2) is 29.3 Å². The molecular formula is C22H18Cl2F5N5O6S. The Bertz CT molecular complexity index is 1710. The molecule has 41 heavy (non-hydrogen) atoms. The van der Waals surface area contributed by atoms with E-state index in [2.05, 4.69) is 15.1 Å². The Morgan fingerprint density at radius 1 is 1.22 bits per heavy atom. The summed E-state index contributed by atoms with van der Waals surface area (Å²) in [7, 11) is -2.52. The molecule has 11 nitrogen and oxygen atoms in total. The SMILES string of the molecule is CO[C@@H]1CCN(S(=O)(=O)N(OC(=O)C(F)(F)F)c2cc(F)c(F)c(Nc3ccc4ncn(C)c(=O)c4c3Cl)c2Cl)C1. The smallest absolute Gasteiger partial charge is 0.380 e. The van der Waals surface area contributed by atoms with Gasteiger partial charge in [0.15, 0.2) is 11.6 Å². The predicted octanol–water partition coefficient (Wildman–Crippen LogP) is 4.05. The monoisotopic (exact) mass is 645 g/mol. The third kappa shape index (κ3) is 5.76. The number of hydrogen-bond acceptors (Lipinski definition) is 8. The number of anilines is 3. The number of benzene rings is 2. The van der Waals surface area contributed by atoms with Gasteiger partial charge in [-0.1, -0.05) is 27.7 Å². The van der Waals surface area contributed by atoms with Crippen LogP contribution in [0.3, 0.4) is 0 Å². The Morgan fingerprint density at radius 2 is 1.90 bits per heavy atom. The number of halogens is 7. The molecule has 1 aliphatic rings. The van der Waals surface area contributed by atoms with Gasteiger partial charge in [0.05, 0.1) is 44.8 Å². The molecule has 4 rings (SSSR count). The van der Waals surface area contributed by atoms with Gasteiger partial charge >= 0.3 is 22.4 Å². The average molecular weight is 646 g/mol. The van der Waals surface area contributed by atoms with Crippen LogP contribution in [-0.4, -0.2) is 60.7 Å². The second kappa shape index (κ2) is 11.2. The standard InChI is InChI=1S/C22H18Cl2F5N5O6S/c1-32-9-30-12-3-4-13(16(23)15(12)20(32)35)31-19-17(24)14(7-11(25)18(19)26)34(40-21(36)22(27,28)29)41(37,38)33-6-5-10(8-33)39-2/h3-4,7,9-10,31H,5-6,8H2,1-2H3/t10-/m1/s1. The Kier molecular flexibility index (Phi) is 8.39. The van der Waals surface area contributed by atoms with Crippen LogP contribution in [0.1, 0.15) is 6.42 Å². The van der Waals surface area contributed by atoms with E-state index >= 15 is 4.39 Å². The molecule has 0 radical (unpaired) electrons. The zero-order valence-electron chi connectivity index (χ0n) is 20.8. The van der Waals surface area contributed by atoms with Crippen LogP contribution in [0.25, 0.3) is 10.9 Å². The van der Waals surface area contributed by atoms with Crippen molar-refractivity contribution in [1.82, 2.24) is 13.9 Å². The van der Waals surface area contributed by atoms with Crippen LogP contribution in [0.5, 0.6) is 0 Å². The average Bonchev–Trinajstić information content (AvgIpc) is 3.40. The fourth-order valence-electron chi connectivity index (χ4n) is 3.87. The molecule has 2 aromatic carbocycles. The van der Waals surface area contributed by atoms with Gasteiger partial charge in [0.2, 0.25) is 0 Å². The van der Waals surface area contributed by atoms with Gasteiger partial charge in [-0.25, -0.2) is 18.6 Å². The predicted molar refractivity (Wildman–Crippen MR) is 137 cm³/mol. The minimum Gasteiger partial charge on any atom is -0.380 e. The van der Waals surface area contributed by atoms with Gasteiger partial charge in [0.1, 0.15) is 5.69 Å². The highest BCUT2D eigenvalue weighted by Crippen LogP contribution is 2.42. The summed E-state index contributed by atoms with van der Waals surface area (Å²) < 4.78 is 102. The summed E-state index contributed by atoms with van der Waals surface area (Å²) in [6.45, 7) is -0.635. The van der Waals surface area contributed by atoms with E-state index in [1.54, 1.807) is 0 Å². The fraction of sp³-hybridized carbons (Fsp3) is 0.318. The molecule has 0 spiro atoms. The van der Waals surface area contributed by atoms with Crippen molar-refractivity contribution in [2.45, 2.75) is 18.7 Å². The third-order valence-electron chi connectivity index (χ3n) is 5.99. The number of carbonyl (C=O) groups excluding carboxylic acids is 1. The van der Waals surface area contributed by atoms with Crippen molar-refractivity contribution < 1.29 is 44.7 Å². The summed E-state index contributed by atoms with van der Waals surface area (Å²) in [5.41, 5.74) is -2.87. The molecule has 1 N–H and O–H groups in total. The minimum absolute atomic E-state index is 0.125. The lowest BCUT2D eigenvalue weighted by Crippen LogP contribution is -2.46. The highest BCUT2D eigenvalue weighted by molar-refractivity contribution is 7.90. The highest BCUT2D eigenvalue weighted by atomic mass is 35.5. The first-order chi connectivity index (χ1) is 19.1. The van der Waals surface area contributed by atoms with E-state index in [1.165, 1.54) is 32.6 Å². The Morgan fingerprint density at radius 3 is 2.51 bits per heavy atom. The fourth-order valence-corrected chi connectivity index (χ4v) is 5.93. The summed E-state index contributed by atoms with van der Waals surface area (Å²) in [6.07, 6.45) is -4.99. The molecular weight excluding hydrogens is 628 g/mol. The van der Waals surface area contributed by atoms with Crippen molar-refractivity contribution in [3.63, 3.8) is 0 Å². The molecule has 19 heteroatoms. The second-order valence-corrected chi connectivity index (χ2v) is 11.1. The van der Waals surface area contributed by atoms with E-state index in [9.17, 15) is 35.6 Å². The first-order valence-corrected chi connectivity index (χ1v) is 13.4. The van der Waals surface area contributed by atoms with E-state index in [-0.39, 0.29) is 47.2 Å².